The van der Waals surface area contributed by atoms with E-state index in [1.807, 2.05) is 6.07 Å². The molecular weight excluding hydrogens is 334 g/mol. The highest BCUT2D eigenvalue weighted by atomic mass is 32.2. The largest absolute Gasteiger partial charge is 0.496 e. The van der Waals surface area contributed by atoms with Gasteiger partial charge >= 0.3 is 5.97 Å². The molecule has 7 nitrogen and oxygen atoms in total. The quantitative estimate of drug-likeness (QED) is 0.592. The maximum Gasteiger partial charge on any atom is 0.331 e. The molecular formula is C16H19NO6S. The summed E-state index contributed by atoms with van der Waals surface area (Å²) in [5.41, 5.74) is 0.706. The van der Waals surface area contributed by atoms with Gasteiger partial charge in [0.2, 0.25) is 0 Å². The highest BCUT2D eigenvalue weighted by Gasteiger charge is 2.28. The highest BCUT2D eigenvalue weighted by molar-refractivity contribution is 7.91. The second-order valence-corrected chi connectivity index (χ2v) is 7.58. The first-order chi connectivity index (χ1) is 11.4. The first kappa shape index (κ1) is 18.0. The van der Waals surface area contributed by atoms with Crippen molar-refractivity contribution in [2.75, 3.05) is 25.2 Å². The third-order valence-electron chi connectivity index (χ3n) is 3.48. The van der Waals surface area contributed by atoms with Crippen molar-refractivity contribution in [3.63, 3.8) is 0 Å². The molecule has 1 aliphatic heterocycles. The second-order valence-electron chi connectivity index (χ2n) is 5.35. The third-order valence-corrected chi connectivity index (χ3v) is 5.25. The number of hydrogen-bond acceptors (Lipinski definition) is 6. The van der Waals surface area contributed by atoms with E-state index in [1.165, 1.54) is 19.3 Å². The first-order valence-electron chi connectivity index (χ1n) is 7.37. The summed E-state index contributed by atoms with van der Waals surface area (Å²) in [7, 11) is -1.54. The molecule has 0 radical (unpaired) electrons. The maximum absolute atomic E-state index is 11.7. The Morgan fingerprint density at radius 1 is 1.33 bits per heavy atom. The standard InChI is InChI=1S/C16H19NO6S/c1-22-14-5-3-2-4-12(14)6-7-16(19)23-10-15(18)17-13-8-9-24(20,21)11-13/h2-7,13H,8-11H2,1H3,(H,17,18). The average molecular weight is 353 g/mol. The molecule has 130 valence electrons. The lowest BCUT2D eigenvalue weighted by Gasteiger charge is -2.10. The van der Waals surface area contributed by atoms with Crippen LogP contribution in [0, 0.1) is 0 Å². The number of nitrogens with one attached hydrogen (secondary N) is 1. The number of hydrogen-bond donors (Lipinski definition) is 1. The maximum atomic E-state index is 11.7. The summed E-state index contributed by atoms with van der Waals surface area (Å²) in [5.74, 6) is -0.576. The Labute approximate surface area is 140 Å². The van der Waals surface area contributed by atoms with E-state index in [2.05, 4.69) is 5.32 Å². The summed E-state index contributed by atoms with van der Waals surface area (Å²) in [6.07, 6.45) is 3.11. The summed E-state index contributed by atoms with van der Waals surface area (Å²) in [6.45, 7) is -0.453. The molecule has 2 rings (SSSR count). The van der Waals surface area contributed by atoms with Crippen LogP contribution in [-0.2, 0) is 24.2 Å². The summed E-state index contributed by atoms with van der Waals surface area (Å²) >= 11 is 0. The number of esters is 1. The van der Waals surface area contributed by atoms with E-state index in [-0.39, 0.29) is 11.5 Å². The minimum absolute atomic E-state index is 0.0688. The van der Waals surface area contributed by atoms with Crippen molar-refractivity contribution in [2.24, 2.45) is 0 Å². The topological polar surface area (TPSA) is 98.8 Å². The molecule has 1 aliphatic rings. The van der Waals surface area contributed by atoms with Gasteiger partial charge in [-0.1, -0.05) is 18.2 Å². The van der Waals surface area contributed by atoms with Gasteiger partial charge in [-0.25, -0.2) is 13.2 Å². The van der Waals surface area contributed by atoms with Crippen LogP contribution in [-0.4, -0.2) is 51.6 Å². The Morgan fingerprint density at radius 2 is 2.08 bits per heavy atom. The van der Waals surface area contributed by atoms with Gasteiger partial charge < -0.3 is 14.8 Å². The normalized spacial score (nSPS) is 19.1. The minimum atomic E-state index is -3.06. The number of sulfone groups is 1. The molecule has 1 atom stereocenters. The molecule has 1 aromatic carbocycles. The Bertz CT molecular complexity index is 741. The number of para-hydroxylation sites is 1. The Kier molecular flexibility index (Phi) is 5.97. The molecule has 0 aliphatic carbocycles. The van der Waals surface area contributed by atoms with E-state index in [0.29, 0.717) is 17.7 Å². The molecule has 1 aromatic rings. The number of benzene rings is 1. The zero-order valence-corrected chi connectivity index (χ0v) is 14.0. The number of ether oxygens (including phenoxy) is 2. The molecule has 0 saturated carbocycles. The molecule has 1 N–H and O–H groups in total. The van der Waals surface area contributed by atoms with Gasteiger partial charge in [0, 0.05) is 17.7 Å². The van der Waals surface area contributed by atoms with E-state index < -0.39 is 34.4 Å². The first-order valence-corrected chi connectivity index (χ1v) is 9.19. The van der Waals surface area contributed by atoms with Crippen LogP contribution in [0.2, 0.25) is 0 Å². The van der Waals surface area contributed by atoms with E-state index in [9.17, 15) is 18.0 Å². The highest BCUT2D eigenvalue weighted by Crippen LogP contribution is 2.18. The van der Waals surface area contributed by atoms with Gasteiger partial charge in [-0.05, 0) is 18.6 Å². The van der Waals surface area contributed by atoms with Crippen LogP contribution >= 0.6 is 0 Å². The SMILES string of the molecule is COc1ccccc1C=CC(=O)OCC(=O)NC1CCS(=O)(=O)C1. The summed E-state index contributed by atoms with van der Waals surface area (Å²) in [5, 5.41) is 2.54. The van der Waals surface area contributed by atoms with Crippen molar-refractivity contribution < 1.29 is 27.5 Å². The monoisotopic (exact) mass is 353 g/mol. The van der Waals surface area contributed by atoms with Crippen molar-refractivity contribution in [1.82, 2.24) is 5.32 Å². The Balaban J connectivity index is 1.78. The van der Waals surface area contributed by atoms with Crippen LogP contribution in [0.3, 0.4) is 0 Å². The zero-order chi connectivity index (χ0) is 17.6. The lowest BCUT2D eigenvalue weighted by atomic mass is 10.2. The molecule has 1 amide bonds. The van der Waals surface area contributed by atoms with E-state index in [1.54, 1.807) is 18.2 Å². The fraction of sp³-hybridized carbons (Fsp3) is 0.375. The van der Waals surface area contributed by atoms with Gasteiger partial charge in [0.05, 0.1) is 18.6 Å². The lowest BCUT2D eigenvalue weighted by molar-refractivity contribution is -0.143. The predicted molar refractivity (Wildman–Crippen MR) is 88.2 cm³/mol. The average Bonchev–Trinajstić information content (AvgIpc) is 2.89. The number of rotatable bonds is 6. The fourth-order valence-electron chi connectivity index (χ4n) is 2.32. The van der Waals surface area contributed by atoms with Crippen LogP contribution in [0.4, 0.5) is 0 Å². The van der Waals surface area contributed by atoms with Crippen LogP contribution in [0.25, 0.3) is 6.08 Å². The molecule has 0 bridgehead atoms. The van der Waals surface area contributed by atoms with Crippen molar-refractivity contribution in [3.8, 4) is 5.75 Å². The molecule has 0 aromatic heterocycles. The van der Waals surface area contributed by atoms with Crippen molar-refractivity contribution in [2.45, 2.75) is 12.5 Å². The molecule has 1 fully saturated rings. The van der Waals surface area contributed by atoms with Crippen molar-refractivity contribution >= 4 is 27.8 Å². The minimum Gasteiger partial charge on any atom is -0.496 e. The molecule has 1 unspecified atom stereocenters. The van der Waals surface area contributed by atoms with Crippen LogP contribution < -0.4 is 10.1 Å². The smallest absolute Gasteiger partial charge is 0.331 e. The van der Waals surface area contributed by atoms with Gasteiger partial charge in [0.1, 0.15) is 5.75 Å². The second kappa shape index (κ2) is 7.96. The number of amides is 1. The third kappa shape index (κ3) is 5.38. The van der Waals surface area contributed by atoms with Crippen LogP contribution in [0.5, 0.6) is 5.75 Å². The number of carbonyl (C=O) groups excluding carboxylic acids is 2. The van der Waals surface area contributed by atoms with Crippen LogP contribution in [0.15, 0.2) is 30.3 Å². The summed E-state index contributed by atoms with van der Waals surface area (Å²) < 4.78 is 32.6. The Hall–Kier alpha value is -2.35. The van der Waals surface area contributed by atoms with E-state index >= 15 is 0 Å². The Morgan fingerprint density at radius 3 is 2.75 bits per heavy atom. The fourth-order valence-corrected chi connectivity index (χ4v) is 4.00. The van der Waals surface area contributed by atoms with Gasteiger partial charge in [-0.15, -0.1) is 0 Å². The molecule has 8 heteroatoms. The predicted octanol–water partition coefficient (Wildman–Crippen LogP) is 0.555. The van der Waals surface area contributed by atoms with Gasteiger partial charge in [-0.2, -0.15) is 0 Å². The van der Waals surface area contributed by atoms with E-state index in [0.717, 1.165) is 0 Å². The molecule has 24 heavy (non-hydrogen) atoms. The van der Waals surface area contributed by atoms with Gasteiger partial charge in [0.25, 0.3) is 5.91 Å². The van der Waals surface area contributed by atoms with E-state index in [4.69, 9.17) is 9.47 Å². The number of carbonyl (C=O) groups is 2. The van der Waals surface area contributed by atoms with Gasteiger partial charge in [-0.3, -0.25) is 4.79 Å². The summed E-state index contributed by atoms with van der Waals surface area (Å²) in [6, 6.07) is 6.73. The lowest BCUT2D eigenvalue weighted by Crippen LogP contribution is -2.38. The van der Waals surface area contributed by atoms with Crippen molar-refractivity contribution in [3.05, 3.63) is 35.9 Å². The molecule has 0 spiro atoms. The van der Waals surface area contributed by atoms with Crippen LogP contribution in [0.1, 0.15) is 12.0 Å². The summed E-state index contributed by atoms with van der Waals surface area (Å²) in [4.78, 5) is 23.3. The molecule has 1 heterocycles. The number of methoxy groups -OCH3 is 1. The van der Waals surface area contributed by atoms with Gasteiger partial charge in [0.15, 0.2) is 16.4 Å². The van der Waals surface area contributed by atoms with Crippen molar-refractivity contribution in [1.29, 1.82) is 0 Å². The zero-order valence-electron chi connectivity index (χ0n) is 13.2. The molecule has 1 saturated heterocycles.